The van der Waals surface area contributed by atoms with Crippen molar-refractivity contribution >= 4 is 29.4 Å². The maximum absolute atomic E-state index is 12.6. The summed E-state index contributed by atoms with van der Waals surface area (Å²) < 4.78 is 10.8. The van der Waals surface area contributed by atoms with Crippen molar-refractivity contribution in [2.45, 2.75) is 53.2 Å². The molecular formula is C21H25NO5. The highest BCUT2D eigenvalue weighted by Crippen LogP contribution is 2.29. The highest BCUT2D eigenvalue weighted by Gasteiger charge is 2.35. The van der Waals surface area contributed by atoms with E-state index in [9.17, 15) is 14.4 Å². The van der Waals surface area contributed by atoms with E-state index in [4.69, 9.17) is 9.47 Å². The lowest BCUT2D eigenvalue weighted by molar-refractivity contribution is -0.117. The number of carbonyl (C=O) groups excluding carboxylic acids is 3. The van der Waals surface area contributed by atoms with Crippen molar-refractivity contribution < 1.29 is 23.9 Å². The molecule has 0 bridgehead atoms. The first-order valence-corrected chi connectivity index (χ1v) is 8.77. The van der Waals surface area contributed by atoms with Crippen LogP contribution in [-0.2, 0) is 19.1 Å². The van der Waals surface area contributed by atoms with Gasteiger partial charge in [0, 0.05) is 5.57 Å². The predicted octanol–water partition coefficient (Wildman–Crippen LogP) is 4.27. The third-order valence-corrected chi connectivity index (χ3v) is 3.63. The van der Waals surface area contributed by atoms with Crippen LogP contribution in [0.5, 0.6) is 0 Å². The molecule has 0 unspecified atom stereocenters. The van der Waals surface area contributed by atoms with Crippen LogP contribution in [0.1, 0.15) is 47.1 Å². The van der Waals surface area contributed by atoms with Crippen LogP contribution in [0.3, 0.4) is 0 Å². The standard InChI is InChI=1S/C21H25NO5/c1-12(2)26-19-13(3)17(23)15(18(19)24)11-14-9-7-8-10-16(14)22-20(25)27-21(4,5)6/h7-12H,1-6H3,(H,22,25)/b15-11+. The highest BCUT2D eigenvalue weighted by molar-refractivity contribution is 6.39. The molecule has 6 heteroatoms. The molecule has 0 aromatic heterocycles. The average molecular weight is 371 g/mol. The smallest absolute Gasteiger partial charge is 0.412 e. The third-order valence-electron chi connectivity index (χ3n) is 3.63. The minimum Gasteiger partial charge on any atom is -0.486 e. The molecule has 0 spiro atoms. The average Bonchev–Trinajstić information content (AvgIpc) is 2.72. The minimum absolute atomic E-state index is 0.0154. The van der Waals surface area contributed by atoms with Gasteiger partial charge in [-0.15, -0.1) is 0 Å². The van der Waals surface area contributed by atoms with Crippen LogP contribution in [-0.4, -0.2) is 29.4 Å². The van der Waals surface area contributed by atoms with Crippen molar-refractivity contribution in [3.63, 3.8) is 0 Å². The number of allylic oxidation sites excluding steroid dienone is 2. The van der Waals surface area contributed by atoms with E-state index >= 15 is 0 Å². The van der Waals surface area contributed by atoms with Crippen molar-refractivity contribution in [1.82, 2.24) is 0 Å². The molecule has 0 aliphatic heterocycles. The summed E-state index contributed by atoms with van der Waals surface area (Å²) >= 11 is 0. The van der Waals surface area contributed by atoms with E-state index < -0.39 is 17.5 Å². The maximum Gasteiger partial charge on any atom is 0.412 e. The number of Topliss-reactive ketones (excluding diaryl/α,β-unsaturated/α-hetero) is 2. The van der Waals surface area contributed by atoms with Gasteiger partial charge in [-0.25, -0.2) is 4.79 Å². The Morgan fingerprint density at radius 1 is 1.11 bits per heavy atom. The topological polar surface area (TPSA) is 81.7 Å². The Labute approximate surface area is 159 Å². The van der Waals surface area contributed by atoms with Gasteiger partial charge in [0.15, 0.2) is 11.5 Å². The van der Waals surface area contributed by atoms with Crippen LogP contribution < -0.4 is 5.32 Å². The molecular weight excluding hydrogens is 346 g/mol. The number of anilines is 1. The van der Waals surface area contributed by atoms with E-state index in [-0.39, 0.29) is 28.8 Å². The van der Waals surface area contributed by atoms with Gasteiger partial charge in [-0.1, -0.05) is 18.2 Å². The molecule has 1 aliphatic carbocycles. The van der Waals surface area contributed by atoms with Crippen LogP contribution in [0.15, 0.2) is 41.2 Å². The van der Waals surface area contributed by atoms with Crippen LogP contribution >= 0.6 is 0 Å². The first-order chi connectivity index (χ1) is 12.5. The molecule has 27 heavy (non-hydrogen) atoms. The van der Waals surface area contributed by atoms with E-state index in [2.05, 4.69) is 5.32 Å². The van der Waals surface area contributed by atoms with Gasteiger partial charge in [0.2, 0.25) is 5.78 Å². The van der Waals surface area contributed by atoms with Crippen LogP contribution in [0, 0.1) is 0 Å². The van der Waals surface area contributed by atoms with Crippen molar-refractivity contribution in [3.05, 3.63) is 46.7 Å². The summed E-state index contributed by atoms with van der Waals surface area (Å²) in [6.45, 7) is 10.5. The molecule has 6 nitrogen and oxygen atoms in total. The predicted molar refractivity (Wildman–Crippen MR) is 103 cm³/mol. The molecule has 1 aromatic rings. The normalized spacial score (nSPS) is 16.3. The number of rotatable bonds is 4. The lowest BCUT2D eigenvalue weighted by atomic mass is 10.0. The summed E-state index contributed by atoms with van der Waals surface area (Å²) in [5.41, 5.74) is 0.632. The number of nitrogens with one attached hydrogen (secondary N) is 1. The molecule has 0 atom stereocenters. The summed E-state index contributed by atoms with van der Waals surface area (Å²) in [6, 6.07) is 6.87. The third kappa shape index (κ3) is 5.06. The first-order valence-electron chi connectivity index (χ1n) is 8.77. The number of ketones is 2. The molecule has 1 aromatic carbocycles. The first kappa shape index (κ1) is 20.4. The number of hydrogen-bond donors (Lipinski definition) is 1. The molecule has 1 amide bonds. The zero-order chi connectivity index (χ0) is 20.4. The Balaban J connectivity index is 2.32. The lowest BCUT2D eigenvalue weighted by Crippen LogP contribution is -2.27. The second kappa shape index (κ2) is 7.78. The number of benzene rings is 1. The van der Waals surface area contributed by atoms with Gasteiger partial charge in [0.05, 0.1) is 17.4 Å². The zero-order valence-electron chi connectivity index (χ0n) is 16.5. The Hall–Kier alpha value is -2.89. The number of ether oxygens (including phenoxy) is 2. The zero-order valence-corrected chi connectivity index (χ0v) is 16.5. The van der Waals surface area contributed by atoms with Crippen LogP contribution in [0.2, 0.25) is 0 Å². The van der Waals surface area contributed by atoms with Gasteiger partial charge in [0.1, 0.15) is 5.60 Å². The van der Waals surface area contributed by atoms with E-state index in [1.165, 1.54) is 6.08 Å². The number of para-hydroxylation sites is 1. The van der Waals surface area contributed by atoms with Crippen molar-refractivity contribution in [3.8, 4) is 0 Å². The summed E-state index contributed by atoms with van der Waals surface area (Å²) in [7, 11) is 0. The minimum atomic E-state index is -0.640. The van der Waals surface area contributed by atoms with E-state index in [1.54, 1.807) is 65.8 Å². The second-order valence-corrected chi connectivity index (χ2v) is 7.55. The largest absolute Gasteiger partial charge is 0.486 e. The van der Waals surface area contributed by atoms with Gasteiger partial charge >= 0.3 is 6.09 Å². The Kier molecular flexibility index (Phi) is 5.88. The van der Waals surface area contributed by atoms with E-state index in [0.717, 1.165) is 0 Å². The van der Waals surface area contributed by atoms with Gasteiger partial charge < -0.3 is 9.47 Å². The fourth-order valence-corrected chi connectivity index (χ4v) is 2.52. The molecule has 2 rings (SSSR count). The molecule has 1 aliphatic rings. The van der Waals surface area contributed by atoms with Gasteiger partial charge in [-0.3, -0.25) is 14.9 Å². The van der Waals surface area contributed by atoms with Gasteiger partial charge in [0.25, 0.3) is 0 Å². The number of carbonyl (C=O) groups is 3. The second-order valence-electron chi connectivity index (χ2n) is 7.55. The van der Waals surface area contributed by atoms with Crippen LogP contribution in [0.25, 0.3) is 6.08 Å². The molecule has 0 fully saturated rings. The van der Waals surface area contributed by atoms with Gasteiger partial charge in [-0.05, 0) is 59.2 Å². The summed E-state index contributed by atoms with van der Waals surface area (Å²) in [5, 5.41) is 2.65. The highest BCUT2D eigenvalue weighted by atomic mass is 16.6. The fraction of sp³-hybridized carbons (Fsp3) is 0.381. The van der Waals surface area contributed by atoms with Gasteiger partial charge in [-0.2, -0.15) is 0 Å². The fourth-order valence-electron chi connectivity index (χ4n) is 2.52. The summed E-state index contributed by atoms with van der Waals surface area (Å²) in [6.07, 6.45) is 0.639. The number of hydrogen-bond acceptors (Lipinski definition) is 5. The molecule has 0 saturated heterocycles. The molecule has 144 valence electrons. The Morgan fingerprint density at radius 2 is 1.74 bits per heavy atom. The lowest BCUT2D eigenvalue weighted by Gasteiger charge is -2.20. The van der Waals surface area contributed by atoms with E-state index in [1.807, 2.05) is 0 Å². The molecule has 0 radical (unpaired) electrons. The monoisotopic (exact) mass is 371 g/mol. The van der Waals surface area contributed by atoms with Crippen LogP contribution in [0.4, 0.5) is 10.5 Å². The molecule has 0 heterocycles. The Bertz CT molecular complexity index is 840. The quantitative estimate of drug-likeness (QED) is 0.631. The van der Waals surface area contributed by atoms with Crippen molar-refractivity contribution in [2.75, 3.05) is 5.32 Å². The molecule has 0 saturated carbocycles. The van der Waals surface area contributed by atoms with Crippen molar-refractivity contribution in [2.24, 2.45) is 0 Å². The Morgan fingerprint density at radius 3 is 2.33 bits per heavy atom. The van der Waals surface area contributed by atoms with Crippen molar-refractivity contribution in [1.29, 1.82) is 0 Å². The molecule has 1 N–H and O–H groups in total. The SMILES string of the molecule is CC1=C(OC(C)C)C(=O)/C(=C/c2ccccc2NC(=O)OC(C)(C)C)C1=O. The van der Waals surface area contributed by atoms with E-state index in [0.29, 0.717) is 11.3 Å². The number of amides is 1. The summed E-state index contributed by atoms with van der Waals surface area (Å²) in [4.78, 5) is 37.2. The maximum atomic E-state index is 12.6. The summed E-state index contributed by atoms with van der Waals surface area (Å²) in [5.74, 6) is -0.736.